The number of rotatable bonds is 4. The molecular weight excluding hydrogens is 254 g/mol. The van der Waals surface area contributed by atoms with Crippen LogP contribution in [0.1, 0.15) is 18.4 Å². The van der Waals surface area contributed by atoms with Gasteiger partial charge in [-0.1, -0.05) is 6.07 Å². The standard InChI is InChI=1S/C13H16F2N2O2/c14-10-4-3-9(12(15)6-10)7-16-13(18)17-8-11-2-1-5-19-11/h3-4,6,11H,1-2,5,7-8H2,(H2,16,17,18). The van der Waals surface area contributed by atoms with Crippen molar-refractivity contribution in [2.24, 2.45) is 0 Å². The van der Waals surface area contributed by atoms with Gasteiger partial charge < -0.3 is 15.4 Å². The Kier molecular flexibility index (Phi) is 4.68. The molecule has 0 aromatic heterocycles. The van der Waals surface area contributed by atoms with E-state index >= 15 is 0 Å². The minimum Gasteiger partial charge on any atom is -0.376 e. The van der Waals surface area contributed by atoms with Crippen LogP contribution in [0.15, 0.2) is 18.2 Å². The largest absolute Gasteiger partial charge is 0.376 e. The van der Waals surface area contributed by atoms with Crippen LogP contribution < -0.4 is 10.6 Å². The summed E-state index contributed by atoms with van der Waals surface area (Å²) >= 11 is 0. The molecular formula is C13H16F2N2O2. The third-order valence-corrected chi connectivity index (χ3v) is 2.97. The van der Waals surface area contributed by atoms with Gasteiger partial charge in [-0.25, -0.2) is 13.6 Å². The van der Waals surface area contributed by atoms with Crippen LogP contribution in [0.3, 0.4) is 0 Å². The molecule has 1 aliphatic rings. The SMILES string of the molecule is O=C(NCc1ccc(F)cc1F)NCC1CCCO1. The summed E-state index contributed by atoms with van der Waals surface area (Å²) in [5.41, 5.74) is 0.244. The van der Waals surface area contributed by atoms with Crippen molar-refractivity contribution in [1.82, 2.24) is 10.6 Å². The summed E-state index contributed by atoms with van der Waals surface area (Å²) in [7, 11) is 0. The lowest BCUT2D eigenvalue weighted by Crippen LogP contribution is -2.39. The summed E-state index contributed by atoms with van der Waals surface area (Å²) < 4.78 is 31.3. The highest BCUT2D eigenvalue weighted by molar-refractivity contribution is 5.73. The highest BCUT2D eigenvalue weighted by atomic mass is 19.1. The first kappa shape index (κ1) is 13.7. The predicted octanol–water partition coefficient (Wildman–Crippen LogP) is 1.94. The number of hydrogen-bond acceptors (Lipinski definition) is 2. The van der Waals surface area contributed by atoms with E-state index in [4.69, 9.17) is 4.74 Å². The second-order valence-electron chi connectivity index (χ2n) is 4.43. The number of amides is 2. The molecule has 1 unspecified atom stereocenters. The van der Waals surface area contributed by atoms with Gasteiger partial charge in [0.1, 0.15) is 11.6 Å². The lowest BCUT2D eigenvalue weighted by Gasteiger charge is -2.12. The van der Waals surface area contributed by atoms with E-state index in [0.29, 0.717) is 6.54 Å². The number of carbonyl (C=O) groups is 1. The predicted molar refractivity (Wildman–Crippen MR) is 65.6 cm³/mol. The average Bonchev–Trinajstić information content (AvgIpc) is 2.88. The van der Waals surface area contributed by atoms with Crippen LogP contribution in [-0.2, 0) is 11.3 Å². The average molecular weight is 270 g/mol. The minimum atomic E-state index is -0.667. The summed E-state index contributed by atoms with van der Waals surface area (Å²) in [5.74, 6) is -1.30. The van der Waals surface area contributed by atoms with Crippen LogP contribution in [0.5, 0.6) is 0 Å². The molecule has 6 heteroatoms. The van der Waals surface area contributed by atoms with Crippen molar-refractivity contribution in [3.05, 3.63) is 35.4 Å². The molecule has 1 saturated heterocycles. The quantitative estimate of drug-likeness (QED) is 0.878. The molecule has 19 heavy (non-hydrogen) atoms. The second kappa shape index (κ2) is 6.47. The number of ether oxygens (including phenoxy) is 1. The molecule has 0 bridgehead atoms. The van der Waals surface area contributed by atoms with Gasteiger partial charge >= 0.3 is 6.03 Å². The molecule has 0 saturated carbocycles. The van der Waals surface area contributed by atoms with Crippen LogP contribution in [0.25, 0.3) is 0 Å². The lowest BCUT2D eigenvalue weighted by atomic mass is 10.2. The molecule has 0 radical (unpaired) electrons. The fraction of sp³-hybridized carbons (Fsp3) is 0.462. The van der Waals surface area contributed by atoms with Gasteiger partial charge in [0.15, 0.2) is 0 Å². The highest BCUT2D eigenvalue weighted by Crippen LogP contribution is 2.11. The molecule has 1 aromatic rings. The van der Waals surface area contributed by atoms with Gasteiger partial charge in [0, 0.05) is 31.3 Å². The smallest absolute Gasteiger partial charge is 0.315 e. The molecule has 1 aliphatic heterocycles. The molecule has 2 rings (SSSR count). The second-order valence-corrected chi connectivity index (χ2v) is 4.43. The Bertz CT molecular complexity index is 448. The van der Waals surface area contributed by atoms with Gasteiger partial charge in [-0.05, 0) is 18.9 Å². The Labute approximate surface area is 110 Å². The Morgan fingerprint density at radius 2 is 2.21 bits per heavy atom. The Balaban J connectivity index is 1.73. The lowest BCUT2D eigenvalue weighted by molar-refractivity contribution is 0.111. The summed E-state index contributed by atoms with van der Waals surface area (Å²) in [6, 6.07) is 2.87. The summed E-state index contributed by atoms with van der Waals surface area (Å²) in [6.45, 7) is 1.19. The number of urea groups is 1. The zero-order chi connectivity index (χ0) is 13.7. The maximum absolute atomic E-state index is 13.3. The molecule has 2 amide bonds. The molecule has 4 nitrogen and oxygen atoms in total. The van der Waals surface area contributed by atoms with E-state index in [9.17, 15) is 13.6 Å². The van der Waals surface area contributed by atoms with Crippen molar-refractivity contribution in [2.75, 3.05) is 13.2 Å². The van der Waals surface area contributed by atoms with E-state index in [1.54, 1.807) is 0 Å². The third-order valence-electron chi connectivity index (χ3n) is 2.97. The molecule has 104 valence electrons. The van der Waals surface area contributed by atoms with E-state index in [1.165, 1.54) is 6.07 Å². The van der Waals surface area contributed by atoms with E-state index in [2.05, 4.69) is 10.6 Å². The van der Waals surface area contributed by atoms with E-state index in [1.807, 2.05) is 0 Å². The van der Waals surface area contributed by atoms with E-state index < -0.39 is 11.6 Å². The molecule has 1 atom stereocenters. The van der Waals surface area contributed by atoms with Gasteiger partial charge in [-0.15, -0.1) is 0 Å². The van der Waals surface area contributed by atoms with Crippen LogP contribution in [-0.4, -0.2) is 25.3 Å². The maximum Gasteiger partial charge on any atom is 0.315 e. The Hall–Kier alpha value is -1.69. The van der Waals surface area contributed by atoms with Crippen molar-refractivity contribution < 1.29 is 18.3 Å². The van der Waals surface area contributed by atoms with E-state index in [-0.39, 0.29) is 24.2 Å². The van der Waals surface area contributed by atoms with Crippen LogP contribution in [0.2, 0.25) is 0 Å². The van der Waals surface area contributed by atoms with Crippen LogP contribution in [0, 0.1) is 11.6 Å². The van der Waals surface area contributed by atoms with Crippen molar-refractivity contribution in [3.63, 3.8) is 0 Å². The zero-order valence-electron chi connectivity index (χ0n) is 10.4. The Morgan fingerprint density at radius 1 is 1.37 bits per heavy atom. The van der Waals surface area contributed by atoms with Gasteiger partial charge in [0.05, 0.1) is 6.10 Å². The molecule has 2 N–H and O–H groups in total. The first-order valence-corrected chi connectivity index (χ1v) is 6.22. The van der Waals surface area contributed by atoms with E-state index in [0.717, 1.165) is 31.6 Å². The number of benzene rings is 1. The summed E-state index contributed by atoms with van der Waals surface area (Å²) in [4.78, 5) is 11.5. The molecule has 0 spiro atoms. The van der Waals surface area contributed by atoms with Crippen molar-refractivity contribution in [1.29, 1.82) is 0 Å². The fourth-order valence-electron chi connectivity index (χ4n) is 1.91. The van der Waals surface area contributed by atoms with Crippen LogP contribution >= 0.6 is 0 Å². The van der Waals surface area contributed by atoms with Gasteiger partial charge in [0.2, 0.25) is 0 Å². The highest BCUT2D eigenvalue weighted by Gasteiger charge is 2.16. The minimum absolute atomic E-state index is 0.0173. The van der Waals surface area contributed by atoms with Crippen LogP contribution in [0.4, 0.5) is 13.6 Å². The van der Waals surface area contributed by atoms with Gasteiger partial charge in [0.25, 0.3) is 0 Å². The third kappa shape index (κ3) is 4.17. The van der Waals surface area contributed by atoms with Crippen molar-refractivity contribution in [2.45, 2.75) is 25.5 Å². The monoisotopic (exact) mass is 270 g/mol. The maximum atomic E-state index is 13.3. The summed E-state index contributed by atoms with van der Waals surface area (Å²) in [5, 5.41) is 5.17. The van der Waals surface area contributed by atoms with Crippen molar-refractivity contribution >= 4 is 6.03 Å². The Morgan fingerprint density at radius 3 is 2.89 bits per heavy atom. The van der Waals surface area contributed by atoms with Gasteiger partial charge in [-0.2, -0.15) is 0 Å². The molecule has 1 fully saturated rings. The van der Waals surface area contributed by atoms with Gasteiger partial charge in [-0.3, -0.25) is 0 Å². The van der Waals surface area contributed by atoms with Crippen molar-refractivity contribution in [3.8, 4) is 0 Å². The first-order chi connectivity index (χ1) is 9.15. The topological polar surface area (TPSA) is 50.4 Å². The molecule has 1 aromatic carbocycles. The number of hydrogen-bond donors (Lipinski definition) is 2. The zero-order valence-corrected chi connectivity index (χ0v) is 10.4. The number of carbonyl (C=O) groups excluding carboxylic acids is 1. The molecule has 1 heterocycles. The number of nitrogens with one attached hydrogen (secondary N) is 2. The summed E-state index contributed by atoms with van der Waals surface area (Å²) in [6.07, 6.45) is 2.01. The number of halogens is 2. The fourth-order valence-corrected chi connectivity index (χ4v) is 1.91. The first-order valence-electron chi connectivity index (χ1n) is 6.22. The normalized spacial score (nSPS) is 18.3. The molecule has 0 aliphatic carbocycles.